The first-order valence-corrected chi connectivity index (χ1v) is 4.33. The van der Waals surface area contributed by atoms with Crippen molar-refractivity contribution in [2.45, 2.75) is 6.10 Å². The summed E-state index contributed by atoms with van der Waals surface area (Å²) in [6.45, 7) is 0. The average Bonchev–Trinajstić information content (AvgIpc) is 2.67. The summed E-state index contributed by atoms with van der Waals surface area (Å²) in [6.07, 6.45) is 1.63. The smallest absolute Gasteiger partial charge is 0.126 e. The molecule has 0 aliphatic heterocycles. The van der Waals surface area contributed by atoms with E-state index in [1.165, 1.54) is 18.6 Å². The van der Waals surface area contributed by atoms with E-state index in [4.69, 9.17) is 4.42 Å². The fourth-order valence-electron chi connectivity index (χ4n) is 1.36. The van der Waals surface area contributed by atoms with Crippen molar-refractivity contribution in [3.63, 3.8) is 0 Å². The number of aliphatic hydroxyl groups is 1. The molecule has 0 bridgehead atoms. The summed E-state index contributed by atoms with van der Waals surface area (Å²) < 4.78 is 30.5. The number of halogens is 2. The van der Waals surface area contributed by atoms with Crippen LogP contribution in [0.5, 0.6) is 0 Å². The largest absolute Gasteiger partial charge is 0.472 e. The van der Waals surface area contributed by atoms with E-state index in [9.17, 15) is 13.9 Å². The molecule has 1 atom stereocenters. The maximum absolute atomic E-state index is 12.9. The van der Waals surface area contributed by atoms with Gasteiger partial charge in [-0.25, -0.2) is 8.78 Å². The lowest BCUT2D eigenvalue weighted by atomic mass is 10.0. The van der Waals surface area contributed by atoms with Gasteiger partial charge in [-0.15, -0.1) is 0 Å². The molecule has 0 fully saturated rings. The summed E-state index contributed by atoms with van der Waals surface area (Å²) in [6, 6.07) is 4.46. The summed E-state index contributed by atoms with van der Waals surface area (Å²) in [5.74, 6) is -1.43. The van der Waals surface area contributed by atoms with E-state index >= 15 is 0 Å². The van der Waals surface area contributed by atoms with Crippen molar-refractivity contribution in [2.75, 3.05) is 0 Å². The van der Waals surface area contributed by atoms with Crippen LogP contribution in [0, 0.1) is 11.6 Å². The number of rotatable bonds is 2. The van der Waals surface area contributed by atoms with Crippen LogP contribution in [-0.2, 0) is 0 Å². The van der Waals surface area contributed by atoms with Crippen molar-refractivity contribution in [3.05, 3.63) is 59.6 Å². The molecule has 1 N–H and O–H groups in total. The molecule has 2 aromatic rings. The second kappa shape index (κ2) is 3.82. The van der Waals surface area contributed by atoms with Gasteiger partial charge in [0.15, 0.2) is 0 Å². The molecule has 0 saturated carbocycles. The minimum Gasteiger partial charge on any atom is -0.472 e. The molecule has 78 valence electrons. The van der Waals surface area contributed by atoms with Gasteiger partial charge in [0.05, 0.1) is 12.5 Å². The van der Waals surface area contributed by atoms with Gasteiger partial charge in [-0.05, 0) is 23.8 Å². The predicted molar refractivity (Wildman–Crippen MR) is 49.1 cm³/mol. The Morgan fingerprint density at radius 1 is 1.07 bits per heavy atom. The van der Waals surface area contributed by atoms with Crippen molar-refractivity contribution in [1.82, 2.24) is 0 Å². The van der Waals surface area contributed by atoms with Gasteiger partial charge < -0.3 is 9.52 Å². The zero-order valence-electron chi connectivity index (χ0n) is 7.65. The summed E-state index contributed by atoms with van der Waals surface area (Å²) >= 11 is 0. The number of hydrogen-bond donors (Lipinski definition) is 1. The van der Waals surface area contributed by atoms with Crippen LogP contribution >= 0.6 is 0 Å². The first kappa shape index (κ1) is 9.86. The van der Waals surface area contributed by atoms with Crippen LogP contribution in [0.4, 0.5) is 8.78 Å². The van der Waals surface area contributed by atoms with E-state index in [1.807, 2.05) is 0 Å². The third kappa shape index (κ3) is 2.05. The Morgan fingerprint density at radius 2 is 1.73 bits per heavy atom. The Morgan fingerprint density at radius 3 is 2.27 bits per heavy atom. The van der Waals surface area contributed by atoms with E-state index in [0.717, 1.165) is 18.2 Å². The molecule has 0 amide bonds. The van der Waals surface area contributed by atoms with Crippen molar-refractivity contribution in [3.8, 4) is 0 Å². The van der Waals surface area contributed by atoms with Gasteiger partial charge in [-0.2, -0.15) is 0 Å². The van der Waals surface area contributed by atoms with Crippen LogP contribution in [0.15, 0.2) is 41.2 Å². The Labute approximate surface area is 84.8 Å². The number of furan rings is 1. The Bertz CT molecular complexity index is 431. The van der Waals surface area contributed by atoms with E-state index in [-0.39, 0.29) is 5.56 Å². The van der Waals surface area contributed by atoms with Crippen LogP contribution in [0.25, 0.3) is 0 Å². The molecule has 0 aliphatic rings. The Hall–Kier alpha value is -1.68. The molecule has 0 radical (unpaired) electrons. The van der Waals surface area contributed by atoms with Gasteiger partial charge in [0.2, 0.25) is 0 Å². The summed E-state index contributed by atoms with van der Waals surface area (Å²) in [5.41, 5.74) is 0.619. The van der Waals surface area contributed by atoms with Crippen molar-refractivity contribution in [2.24, 2.45) is 0 Å². The minimum absolute atomic E-state index is 0.161. The first-order valence-electron chi connectivity index (χ1n) is 4.33. The highest BCUT2D eigenvalue weighted by atomic mass is 19.1. The zero-order chi connectivity index (χ0) is 10.8. The maximum Gasteiger partial charge on any atom is 0.126 e. The van der Waals surface area contributed by atoms with Crippen LogP contribution in [0.2, 0.25) is 0 Å². The Kier molecular flexibility index (Phi) is 2.51. The Balaban J connectivity index is 2.37. The van der Waals surface area contributed by atoms with Gasteiger partial charge in [-0.3, -0.25) is 0 Å². The zero-order valence-corrected chi connectivity index (χ0v) is 7.65. The monoisotopic (exact) mass is 210 g/mol. The molecule has 1 heterocycles. The third-order valence-electron chi connectivity index (χ3n) is 2.06. The molecule has 1 aromatic carbocycles. The second-order valence-corrected chi connectivity index (χ2v) is 3.16. The molecule has 15 heavy (non-hydrogen) atoms. The van der Waals surface area contributed by atoms with E-state index in [2.05, 4.69) is 0 Å². The highest BCUT2D eigenvalue weighted by molar-refractivity contribution is 5.28. The summed E-state index contributed by atoms with van der Waals surface area (Å²) in [4.78, 5) is 0. The van der Waals surface area contributed by atoms with Gasteiger partial charge in [0, 0.05) is 11.6 Å². The molecule has 0 saturated heterocycles. The van der Waals surface area contributed by atoms with Crippen molar-refractivity contribution in [1.29, 1.82) is 0 Å². The lowest BCUT2D eigenvalue weighted by molar-refractivity contribution is 0.218. The molecule has 0 spiro atoms. The fraction of sp³-hybridized carbons (Fsp3) is 0.0909. The molecular formula is C11H8F2O2. The maximum atomic E-state index is 12.9. The quantitative estimate of drug-likeness (QED) is 0.826. The molecule has 2 nitrogen and oxygen atoms in total. The molecule has 2 rings (SSSR count). The van der Waals surface area contributed by atoms with Gasteiger partial charge >= 0.3 is 0 Å². The first-order chi connectivity index (χ1) is 7.16. The number of hydrogen-bond acceptors (Lipinski definition) is 2. The van der Waals surface area contributed by atoms with Gasteiger partial charge in [0.1, 0.15) is 17.7 Å². The topological polar surface area (TPSA) is 33.4 Å². The minimum atomic E-state index is -1.08. The lowest BCUT2D eigenvalue weighted by Crippen LogP contribution is -1.99. The summed E-state index contributed by atoms with van der Waals surface area (Å²) in [7, 11) is 0. The highest BCUT2D eigenvalue weighted by Crippen LogP contribution is 2.23. The molecule has 0 aliphatic carbocycles. The SMILES string of the molecule is O[C@@H](c1ccoc1)c1cc(F)cc(F)c1. The van der Waals surface area contributed by atoms with Crippen molar-refractivity contribution < 1.29 is 18.3 Å². The lowest BCUT2D eigenvalue weighted by Gasteiger charge is -2.08. The average molecular weight is 210 g/mol. The standard InChI is InChI=1S/C11H8F2O2/c12-9-3-8(4-10(13)5-9)11(14)7-1-2-15-6-7/h1-6,11,14H/t11-/m0/s1. The molecule has 4 heteroatoms. The number of benzene rings is 1. The third-order valence-corrected chi connectivity index (χ3v) is 2.06. The van der Waals surface area contributed by atoms with Gasteiger partial charge in [0.25, 0.3) is 0 Å². The molecule has 1 aromatic heterocycles. The number of aliphatic hydroxyl groups excluding tert-OH is 1. The van der Waals surface area contributed by atoms with Crippen molar-refractivity contribution >= 4 is 0 Å². The van der Waals surface area contributed by atoms with Crippen LogP contribution in [0.3, 0.4) is 0 Å². The fourth-order valence-corrected chi connectivity index (χ4v) is 1.36. The van der Waals surface area contributed by atoms with Crippen LogP contribution in [0.1, 0.15) is 17.2 Å². The van der Waals surface area contributed by atoms with E-state index in [0.29, 0.717) is 5.56 Å². The van der Waals surface area contributed by atoms with Crippen LogP contribution < -0.4 is 0 Å². The molecular weight excluding hydrogens is 202 g/mol. The predicted octanol–water partition coefficient (Wildman–Crippen LogP) is 2.64. The molecule has 0 unspecified atom stereocenters. The normalized spacial score (nSPS) is 12.7. The summed E-state index contributed by atoms with van der Waals surface area (Å²) in [5, 5.41) is 9.74. The van der Waals surface area contributed by atoms with E-state index in [1.54, 1.807) is 0 Å². The highest BCUT2D eigenvalue weighted by Gasteiger charge is 2.13. The van der Waals surface area contributed by atoms with E-state index < -0.39 is 17.7 Å². The second-order valence-electron chi connectivity index (χ2n) is 3.16. The van der Waals surface area contributed by atoms with Gasteiger partial charge in [-0.1, -0.05) is 0 Å². The van der Waals surface area contributed by atoms with Crippen LogP contribution in [-0.4, -0.2) is 5.11 Å².